The van der Waals surface area contributed by atoms with Crippen LogP contribution in [0.15, 0.2) is 40.9 Å². The lowest BCUT2D eigenvalue weighted by Gasteiger charge is -2.16. The quantitative estimate of drug-likeness (QED) is 0.829. The number of nitrogens with one attached hydrogen (secondary N) is 1. The lowest BCUT2D eigenvalue weighted by Crippen LogP contribution is -2.09. The summed E-state index contributed by atoms with van der Waals surface area (Å²) in [7, 11) is 0. The summed E-state index contributed by atoms with van der Waals surface area (Å²) < 4.78 is 1.04. The Kier molecular flexibility index (Phi) is 4.09. The van der Waals surface area contributed by atoms with Gasteiger partial charge < -0.3 is 11.1 Å². The molecule has 0 aliphatic carbocycles. The van der Waals surface area contributed by atoms with Gasteiger partial charge in [0.15, 0.2) is 5.82 Å². The molecule has 0 fully saturated rings. The first-order valence-corrected chi connectivity index (χ1v) is 6.67. The van der Waals surface area contributed by atoms with Crippen molar-refractivity contribution in [2.45, 2.75) is 13.0 Å². The van der Waals surface area contributed by atoms with Crippen molar-refractivity contribution in [3.05, 3.63) is 51.6 Å². The molecule has 94 valence electrons. The van der Waals surface area contributed by atoms with Crippen LogP contribution >= 0.6 is 27.5 Å². The van der Waals surface area contributed by atoms with E-state index in [1.54, 1.807) is 12.1 Å². The summed E-state index contributed by atoms with van der Waals surface area (Å²) in [4.78, 5) is 4.18. The highest BCUT2D eigenvalue weighted by Gasteiger charge is 2.09. The van der Waals surface area contributed by atoms with Crippen LogP contribution in [0.1, 0.15) is 18.5 Å². The third kappa shape index (κ3) is 3.15. The Labute approximate surface area is 119 Å². The Balaban J connectivity index is 2.21. The minimum atomic E-state index is 0.0933. The molecule has 0 radical (unpaired) electrons. The fraction of sp³-hybridized carbons (Fsp3) is 0.154. The van der Waals surface area contributed by atoms with E-state index in [9.17, 15) is 0 Å². The second-order valence-electron chi connectivity index (χ2n) is 3.99. The fourth-order valence-corrected chi connectivity index (χ4v) is 2.19. The van der Waals surface area contributed by atoms with E-state index in [1.165, 1.54) is 0 Å². The van der Waals surface area contributed by atoms with Crippen LogP contribution in [0.3, 0.4) is 0 Å². The Morgan fingerprint density at radius 1 is 1.33 bits per heavy atom. The average molecular weight is 327 g/mol. The predicted molar refractivity (Wildman–Crippen MR) is 79.8 cm³/mol. The highest BCUT2D eigenvalue weighted by Crippen LogP contribution is 2.25. The molecule has 0 saturated heterocycles. The number of hydrogen-bond acceptors (Lipinski definition) is 3. The van der Waals surface area contributed by atoms with Gasteiger partial charge in [0.2, 0.25) is 0 Å². The minimum Gasteiger partial charge on any atom is -0.396 e. The van der Waals surface area contributed by atoms with Gasteiger partial charge in [-0.3, -0.25) is 0 Å². The number of anilines is 2. The van der Waals surface area contributed by atoms with E-state index in [1.807, 2.05) is 25.1 Å². The zero-order chi connectivity index (χ0) is 13.1. The molecule has 0 aliphatic rings. The number of aromatic nitrogens is 1. The normalized spacial score (nSPS) is 12.2. The van der Waals surface area contributed by atoms with E-state index in [0.29, 0.717) is 16.7 Å². The molecule has 2 rings (SSSR count). The van der Waals surface area contributed by atoms with Crippen LogP contribution in [-0.4, -0.2) is 4.98 Å². The molecule has 0 saturated carbocycles. The highest BCUT2D eigenvalue weighted by molar-refractivity contribution is 9.10. The average Bonchev–Trinajstić information content (AvgIpc) is 2.34. The Bertz CT molecular complexity index is 560. The van der Waals surface area contributed by atoms with E-state index in [-0.39, 0.29) is 6.04 Å². The molecule has 1 heterocycles. The van der Waals surface area contributed by atoms with Crippen molar-refractivity contribution in [1.82, 2.24) is 4.98 Å². The van der Waals surface area contributed by atoms with Crippen molar-refractivity contribution < 1.29 is 0 Å². The maximum absolute atomic E-state index is 5.86. The maximum atomic E-state index is 5.86. The summed E-state index contributed by atoms with van der Waals surface area (Å²) >= 11 is 9.31. The largest absolute Gasteiger partial charge is 0.396 e. The predicted octanol–water partition coefficient (Wildman–Crippen LogP) is 4.25. The van der Waals surface area contributed by atoms with E-state index in [4.69, 9.17) is 17.3 Å². The molecule has 5 heteroatoms. The molecule has 1 aromatic carbocycles. The summed E-state index contributed by atoms with van der Waals surface area (Å²) in [6, 6.07) is 11.6. The van der Waals surface area contributed by atoms with Gasteiger partial charge in [0.05, 0.1) is 11.7 Å². The number of nitrogen functional groups attached to an aromatic ring is 1. The molecule has 0 amide bonds. The van der Waals surface area contributed by atoms with E-state index in [2.05, 4.69) is 32.3 Å². The van der Waals surface area contributed by atoms with E-state index >= 15 is 0 Å². The van der Waals surface area contributed by atoms with Gasteiger partial charge in [-0.1, -0.05) is 39.7 Å². The van der Waals surface area contributed by atoms with Gasteiger partial charge in [0.25, 0.3) is 0 Å². The van der Waals surface area contributed by atoms with Crippen molar-refractivity contribution in [2.24, 2.45) is 0 Å². The second kappa shape index (κ2) is 5.59. The third-order valence-electron chi connectivity index (χ3n) is 2.59. The molecule has 0 aliphatic heterocycles. The monoisotopic (exact) mass is 325 g/mol. The van der Waals surface area contributed by atoms with Crippen LogP contribution < -0.4 is 11.1 Å². The first-order valence-electron chi connectivity index (χ1n) is 5.50. The molecule has 0 bridgehead atoms. The molecule has 3 nitrogen and oxygen atoms in total. The topological polar surface area (TPSA) is 50.9 Å². The van der Waals surface area contributed by atoms with Crippen LogP contribution in [0.25, 0.3) is 0 Å². The third-order valence-corrected chi connectivity index (χ3v) is 3.30. The van der Waals surface area contributed by atoms with Gasteiger partial charge in [-0.15, -0.1) is 0 Å². The second-order valence-corrected chi connectivity index (χ2v) is 5.30. The zero-order valence-electron chi connectivity index (χ0n) is 9.82. The van der Waals surface area contributed by atoms with Gasteiger partial charge in [-0.2, -0.15) is 0 Å². The fourth-order valence-electron chi connectivity index (χ4n) is 1.63. The van der Waals surface area contributed by atoms with Crippen LogP contribution in [0.4, 0.5) is 11.5 Å². The maximum Gasteiger partial charge on any atom is 0.151 e. The SMILES string of the molecule is CC(Nc1nc(Cl)ccc1N)c1cccc(Br)c1. The summed E-state index contributed by atoms with van der Waals surface area (Å²) in [6.07, 6.45) is 0. The van der Waals surface area contributed by atoms with Crippen LogP contribution in [0.2, 0.25) is 5.15 Å². The summed E-state index contributed by atoms with van der Waals surface area (Å²) in [6.45, 7) is 2.05. The zero-order valence-corrected chi connectivity index (χ0v) is 12.2. The molecule has 1 atom stereocenters. The first kappa shape index (κ1) is 13.2. The summed E-state index contributed by atoms with van der Waals surface area (Å²) in [5.41, 5.74) is 7.58. The van der Waals surface area contributed by atoms with E-state index in [0.717, 1.165) is 10.0 Å². The number of hydrogen-bond donors (Lipinski definition) is 2. The molecule has 0 spiro atoms. The van der Waals surface area contributed by atoms with Crippen LogP contribution in [0, 0.1) is 0 Å². The number of rotatable bonds is 3. The van der Waals surface area contributed by atoms with Gasteiger partial charge in [-0.05, 0) is 36.8 Å². The molecule has 18 heavy (non-hydrogen) atoms. The molecular weight excluding hydrogens is 314 g/mol. The standard InChI is InChI=1S/C13H13BrClN3/c1-8(9-3-2-4-10(14)7-9)17-13-11(16)5-6-12(15)18-13/h2-8H,16H2,1H3,(H,17,18). The number of pyridine rings is 1. The van der Waals surface area contributed by atoms with Crippen molar-refractivity contribution in [3.63, 3.8) is 0 Å². The Morgan fingerprint density at radius 3 is 2.83 bits per heavy atom. The lowest BCUT2D eigenvalue weighted by atomic mass is 10.1. The van der Waals surface area contributed by atoms with Crippen molar-refractivity contribution in [2.75, 3.05) is 11.1 Å². The molecule has 2 aromatic rings. The highest BCUT2D eigenvalue weighted by atomic mass is 79.9. The summed E-state index contributed by atoms with van der Waals surface area (Å²) in [5.74, 6) is 0.606. The molecule has 3 N–H and O–H groups in total. The number of benzene rings is 1. The van der Waals surface area contributed by atoms with Gasteiger partial charge >= 0.3 is 0 Å². The number of halogens is 2. The van der Waals surface area contributed by atoms with Gasteiger partial charge in [0, 0.05) is 4.47 Å². The Hall–Kier alpha value is -1.26. The number of nitrogens with zero attached hydrogens (tertiary/aromatic N) is 1. The van der Waals surface area contributed by atoms with E-state index < -0.39 is 0 Å². The van der Waals surface area contributed by atoms with Gasteiger partial charge in [-0.25, -0.2) is 4.98 Å². The molecular formula is C13H13BrClN3. The van der Waals surface area contributed by atoms with Gasteiger partial charge in [0.1, 0.15) is 5.15 Å². The van der Waals surface area contributed by atoms with Crippen LogP contribution in [-0.2, 0) is 0 Å². The summed E-state index contributed by atoms with van der Waals surface area (Å²) in [5, 5.41) is 3.68. The molecule has 1 aromatic heterocycles. The Morgan fingerprint density at radius 2 is 2.11 bits per heavy atom. The van der Waals surface area contributed by atoms with Crippen molar-refractivity contribution >= 4 is 39.0 Å². The van der Waals surface area contributed by atoms with Crippen molar-refractivity contribution in [1.29, 1.82) is 0 Å². The minimum absolute atomic E-state index is 0.0933. The number of nitrogens with two attached hydrogens (primary N) is 1. The lowest BCUT2D eigenvalue weighted by molar-refractivity contribution is 0.875. The first-order chi connectivity index (χ1) is 8.56. The smallest absolute Gasteiger partial charge is 0.151 e. The van der Waals surface area contributed by atoms with Crippen molar-refractivity contribution in [3.8, 4) is 0 Å². The van der Waals surface area contributed by atoms with Crippen LogP contribution in [0.5, 0.6) is 0 Å². The molecule has 1 unspecified atom stereocenters.